The van der Waals surface area contributed by atoms with E-state index in [2.05, 4.69) is 0 Å². The summed E-state index contributed by atoms with van der Waals surface area (Å²) < 4.78 is 0. The summed E-state index contributed by atoms with van der Waals surface area (Å²) in [5.74, 6) is 0. The number of hydrogen-bond donors (Lipinski definition) is 3. The van der Waals surface area contributed by atoms with Crippen LogP contribution in [0.3, 0.4) is 0 Å². The van der Waals surface area contributed by atoms with Crippen molar-refractivity contribution in [1.82, 2.24) is 5.48 Å². The van der Waals surface area contributed by atoms with Gasteiger partial charge in [-0.2, -0.15) is 16.8 Å². The molecule has 0 aliphatic rings. The van der Waals surface area contributed by atoms with Crippen LogP contribution in [0.1, 0.15) is 11.7 Å². The average Bonchev–Trinajstić information content (AvgIpc) is 2.37. The number of nitrogens with two attached hydrogens (primary N) is 1. The van der Waals surface area contributed by atoms with Gasteiger partial charge < -0.3 is 10.9 Å². The van der Waals surface area contributed by atoms with Gasteiger partial charge in [0.15, 0.2) is 0 Å². The first-order valence-corrected chi connectivity index (χ1v) is 3.46. The lowest BCUT2D eigenvalue weighted by Gasteiger charge is -2.04. The minimum absolute atomic E-state index is 0.448. The summed E-state index contributed by atoms with van der Waals surface area (Å²) in [7, 11) is 0. The standard InChI is InChI=1S/C5H8N2OS/c6-5(7-8)4-1-2-9-3-4/h1-3,5,7-8H,6H2. The topological polar surface area (TPSA) is 58.3 Å². The normalized spacial score (nSPS) is 13.6. The quantitative estimate of drug-likeness (QED) is 0.422. The van der Waals surface area contributed by atoms with E-state index in [4.69, 9.17) is 10.9 Å². The zero-order valence-electron chi connectivity index (χ0n) is 4.74. The molecule has 0 saturated heterocycles. The van der Waals surface area contributed by atoms with Crippen molar-refractivity contribution in [2.45, 2.75) is 6.17 Å². The second kappa shape index (κ2) is 2.93. The Morgan fingerprint density at radius 1 is 1.78 bits per heavy atom. The van der Waals surface area contributed by atoms with Crippen molar-refractivity contribution in [1.29, 1.82) is 0 Å². The zero-order valence-corrected chi connectivity index (χ0v) is 5.56. The summed E-state index contributed by atoms with van der Waals surface area (Å²) in [6, 6.07) is 1.86. The highest BCUT2D eigenvalue weighted by atomic mass is 32.1. The van der Waals surface area contributed by atoms with E-state index in [-0.39, 0.29) is 0 Å². The molecular formula is C5H8N2OS. The fourth-order valence-corrected chi connectivity index (χ4v) is 1.22. The molecule has 4 N–H and O–H groups in total. The minimum Gasteiger partial charge on any atom is -0.315 e. The molecule has 4 heteroatoms. The number of thiophene rings is 1. The first kappa shape index (κ1) is 6.70. The van der Waals surface area contributed by atoms with Gasteiger partial charge in [-0.05, 0) is 22.4 Å². The molecule has 3 nitrogen and oxygen atoms in total. The summed E-state index contributed by atoms with van der Waals surface area (Å²) >= 11 is 1.55. The molecule has 0 amide bonds. The van der Waals surface area contributed by atoms with Crippen LogP contribution in [0.4, 0.5) is 0 Å². The third kappa shape index (κ3) is 1.49. The largest absolute Gasteiger partial charge is 0.315 e. The van der Waals surface area contributed by atoms with Gasteiger partial charge in [0.1, 0.15) is 6.17 Å². The van der Waals surface area contributed by atoms with Crippen molar-refractivity contribution in [3.05, 3.63) is 22.4 Å². The molecule has 0 aliphatic heterocycles. The Kier molecular flexibility index (Phi) is 2.18. The third-order valence-electron chi connectivity index (χ3n) is 1.04. The maximum atomic E-state index is 8.34. The van der Waals surface area contributed by atoms with Gasteiger partial charge in [-0.3, -0.25) is 0 Å². The van der Waals surface area contributed by atoms with Gasteiger partial charge >= 0.3 is 0 Å². The highest BCUT2D eigenvalue weighted by molar-refractivity contribution is 7.07. The van der Waals surface area contributed by atoms with Gasteiger partial charge in [0.25, 0.3) is 0 Å². The van der Waals surface area contributed by atoms with Crippen LogP contribution in [0.25, 0.3) is 0 Å². The van der Waals surface area contributed by atoms with Gasteiger partial charge in [-0.25, -0.2) is 0 Å². The summed E-state index contributed by atoms with van der Waals surface area (Å²) in [6.45, 7) is 0. The van der Waals surface area contributed by atoms with E-state index in [1.54, 1.807) is 11.3 Å². The fourth-order valence-electron chi connectivity index (χ4n) is 0.526. The van der Waals surface area contributed by atoms with E-state index >= 15 is 0 Å². The monoisotopic (exact) mass is 144 g/mol. The summed E-state index contributed by atoms with van der Waals surface area (Å²) in [4.78, 5) is 0. The lowest BCUT2D eigenvalue weighted by Crippen LogP contribution is -2.24. The van der Waals surface area contributed by atoms with Crippen LogP contribution < -0.4 is 11.2 Å². The number of nitrogens with one attached hydrogen (secondary N) is 1. The van der Waals surface area contributed by atoms with Crippen molar-refractivity contribution in [3.63, 3.8) is 0 Å². The molecule has 9 heavy (non-hydrogen) atoms. The van der Waals surface area contributed by atoms with E-state index in [0.29, 0.717) is 0 Å². The maximum absolute atomic E-state index is 8.34. The van der Waals surface area contributed by atoms with E-state index in [1.165, 1.54) is 0 Å². The molecule has 1 heterocycles. The van der Waals surface area contributed by atoms with E-state index in [0.717, 1.165) is 5.56 Å². The second-order valence-electron chi connectivity index (χ2n) is 1.66. The zero-order chi connectivity index (χ0) is 6.69. The third-order valence-corrected chi connectivity index (χ3v) is 1.74. The second-order valence-corrected chi connectivity index (χ2v) is 2.44. The maximum Gasteiger partial charge on any atom is 0.105 e. The van der Waals surface area contributed by atoms with Crippen LogP contribution in [0, 0.1) is 0 Å². The number of rotatable bonds is 2. The Bertz CT molecular complexity index is 163. The Morgan fingerprint density at radius 3 is 3.00 bits per heavy atom. The van der Waals surface area contributed by atoms with Gasteiger partial charge in [-0.15, -0.1) is 0 Å². The molecule has 1 atom stereocenters. The smallest absolute Gasteiger partial charge is 0.105 e. The van der Waals surface area contributed by atoms with Crippen LogP contribution in [0.2, 0.25) is 0 Å². The summed E-state index contributed by atoms with van der Waals surface area (Å²) in [6.07, 6.45) is -0.448. The van der Waals surface area contributed by atoms with Crippen LogP contribution in [0.15, 0.2) is 16.8 Å². The summed E-state index contributed by atoms with van der Waals surface area (Å²) in [5.41, 5.74) is 8.24. The average molecular weight is 144 g/mol. The molecule has 0 radical (unpaired) electrons. The van der Waals surface area contributed by atoms with Gasteiger partial charge in [-0.1, -0.05) is 0 Å². The molecule has 1 aromatic rings. The first-order chi connectivity index (χ1) is 4.34. The van der Waals surface area contributed by atoms with Gasteiger partial charge in [0.05, 0.1) is 0 Å². The Morgan fingerprint density at radius 2 is 2.56 bits per heavy atom. The lowest BCUT2D eigenvalue weighted by atomic mass is 10.3. The first-order valence-electron chi connectivity index (χ1n) is 2.52. The molecule has 1 aromatic heterocycles. The molecule has 0 aliphatic carbocycles. The lowest BCUT2D eigenvalue weighted by molar-refractivity contribution is 0.129. The van der Waals surface area contributed by atoms with E-state index in [1.807, 2.05) is 22.3 Å². The van der Waals surface area contributed by atoms with Crippen LogP contribution in [0.5, 0.6) is 0 Å². The molecule has 0 spiro atoms. The van der Waals surface area contributed by atoms with Gasteiger partial charge in [0.2, 0.25) is 0 Å². The molecule has 50 valence electrons. The molecule has 0 saturated carbocycles. The molecule has 0 bridgehead atoms. The van der Waals surface area contributed by atoms with Crippen molar-refractivity contribution >= 4 is 11.3 Å². The van der Waals surface area contributed by atoms with E-state index < -0.39 is 6.17 Å². The van der Waals surface area contributed by atoms with E-state index in [9.17, 15) is 0 Å². The molecule has 0 aromatic carbocycles. The van der Waals surface area contributed by atoms with Crippen molar-refractivity contribution < 1.29 is 5.21 Å². The predicted octanol–water partition coefficient (Wildman–Crippen LogP) is 0.684. The minimum atomic E-state index is -0.448. The number of hydroxylamine groups is 1. The highest BCUT2D eigenvalue weighted by Crippen LogP contribution is 2.10. The van der Waals surface area contributed by atoms with Gasteiger partial charge in [0, 0.05) is 0 Å². The predicted molar refractivity (Wildman–Crippen MR) is 36.2 cm³/mol. The molecule has 1 unspecified atom stereocenters. The van der Waals surface area contributed by atoms with Crippen molar-refractivity contribution in [3.8, 4) is 0 Å². The van der Waals surface area contributed by atoms with Crippen molar-refractivity contribution in [2.24, 2.45) is 5.73 Å². The highest BCUT2D eigenvalue weighted by Gasteiger charge is 2.01. The number of hydrogen-bond acceptors (Lipinski definition) is 4. The van der Waals surface area contributed by atoms with Crippen LogP contribution >= 0.6 is 11.3 Å². The summed E-state index contributed by atoms with van der Waals surface area (Å²) in [5, 5.41) is 12.1. The van der Waals surface area contributed by atoms with Crippen LogP contribution in [-0.4, -0.2) is 5.21 Å². The van der Waals surface area contributed by atoms with Crippen molar-refractivity contribution in [2.75, 3.05) is 0 Å². The van der Waals surface area contributed by atoms with Crippen LogP contribution in [-0.2, 0) is 0 Å². The molecule has 0 fully saturated rings. The molecular weight excluding hydrogens is 136 g/mol. The fraction of sp³-hybridized carbons (Fsp3) is 0.200. The molecule has 1 rings (SSSR count). The Balaban J connectivity index is 2.65. The SMILES string of the molecule is NC(NO)c1ccsc1. The Hall–Kier alpha value is -0.420. The Labute approximate surface area is 57.1 Å².